The van der Waals surface area contributed by atoms with Gasteiger partial charge in [-0.25, -0.2) is 24.5 Å². The number of amides is 1. The second-order valence-electron chi connectivity index (χ2n) is 12.8. The molecule has 47 heavy (non-hydrogen) atoms. The monoisotopic (exact) mass is 681 g/mol. The molecule has 18 heteroatoms. The van der Waals surface area contributed by atoms with Crippen molar-refractivity contribution < 1.29 is 50.9 Å². The number of carboxylic acids is 2. The van der Waals surface area contributed by atoms with Crippen molar-refractivity contribution in [1.29, 1.82) is 0 Å². The van der Waals surface area contributed by atoms with Gasteiger partial charge in [0, 0.05) is 10.9 Å². The number of aliphatic carboxylic acids is 2. The van der Waals surface area contributed by atoms with E-state index < -0.39 is 29.8 Å². The number of carbonyl (C=O) groups excluding carboxylic acids is 1. The van der Waals surface area contributed by atoms with Crippen molar-refractivity contribution in [2.45, 2.75) is 104 Å². The summed E-state index contributed by atoms with van der Waals surface area (Å²) in [6, 6.07) is 5.98. The van der Waals surface area contributed by atoms with Gasteiger partial charge in [0.25, 0.3) is 5.91 Å². The third-order valence-corrected chi connectivity index (χ3v) is 6.33. The minimum absolute atomic E-state index is 0.0263. The van der Waals surface area contributed by atoms with Crippen molar-refractivity contribution in [2.75, 3.05) is 5.32 Å². The number of carboxylic acid groups (broad SMARTS) is 2. The molecule has 12 nitrogen and oxygen atoms in total. The Morgan fingerprint density at radius 2 is 1.43 bits per heavy atom. The number of halogens is 6. The van der Waals surface area contributed by atoms with Crippen LogP contribution in [0.5, 0.6) is 0 Å². The van der Waals surface area contributed by atoms with E-state index in [-0.39, 0.29) is 35.2 Å². The predicted molar refractivity (Wildman–Crippen MR) is 163 cm³/mol. The Labute approximate surface area is 267 Å². The molecule has 1 fully saturated rings. The molecule has 1 aromatic heterocycles. The average Bonchev–Trinajstić information content (AvgIpc) is 2.87. The Hall–Kier alpha value is -4.38. The number of anilines is 1. The molecule has 0 bridgehead atoms. The summed E-state index contributed by atoms with van der Waals surface area (Å²) in [5.41, 5.74) is 12.9. The lowest BCUT2D eigenvalue weighted by Crippen LogP contribution is -2.46. The molecule has 3 rings (SSSR count). The summed E-state index contributed by atoms with van der Waals surface area (Å²) >= 11 is 0. The zero-order valence-corrected chi connectivity index (χ0v) is 26.8. The molecular weight excluding hydrogens is 640 g/mol. The molecule has 1 aliphatic rings. The third kappa shape index (κ3) is 14.7. The van der Waals surface area contributed by atoms with Gasteiger partial charge >= 0.3 is 24.3 Å². The van der Waals surface area contributed by atoms with E-state index in [1.807, 2.05) is 39.0 Å². The molecule has 0 saturated heterocycles. The van der Waals surface area contributed by atoms with Gasteiger partial charge in [-0.05, 0) is 57.6 Å². The molecule has 0 spiro atoms. The maximum absolute atomic E-state index is 13.2. The number of nitrogens with one attached hydrogen (secondary N) is 2. The Bertz CT molecular complexity index is 1410. The lowest BCUT2D eigenvalue weighted by molar-refractivity contribution is -0.193. The number of rotatable bonds is 6. The highest BCUT2D eigenvalue weighted by atomic mass is 19.4. The summed E-state index contributed by atoms with van der Waals surface area (Å²) < 4.78 is 63.5. The van der Waals surface area contributed by atoms with Crippen molar-refractivity contribution in [3.05, 3.63) is 29.6 Å². The normalized spacial score (nSPS) is 16.9. The van der Waals surface area contributed by atoms with Crippen LogP contribution in [0.3, 0.4) is 0 Å². The maximum atomic E-state index is 13.2. The van der Waals surface area contributed by atoms with Gasteiger partial charge in [0.1, 0.15) is 5.82 Å². The van der Waals surface area contributed by atoms with Gasteiger partial charge in [-0.2, -0.15) is 26.3 Å². The highest BCUT2D eigenvalue weighted by molar-refractivity contribution is 5.97. The predicted octanol–water partition coefficient (Wildman–Crippen LogP) is 5.15. The number of aliphatic imine (C=N–C) groups is 1. The minimum atomic E-state index is -5.08. The zero-order chi connectivity index (χ0) is 36.5. The van der Waals surface area contributed by atoms with E-state index >= 15 is 0 Å². The topological polar surface area (TPSA) is 206 Å². The fourth-order valence-electron chi connectivity index (χ4n) is 4.99. The first-order chi connectivity index (χ1) is 21.2. The molecule has 0 radical (unpaired) electrons. The summed E-state index contributed by atoms with van der Waals surface area (Å²) in [5, 5.41) is 21.8. The maximum Gasteiger partial charge on any atom is 0.490 e. The van der Waals surface area contributed by atoms with E-state index in [9.17, 15) is 31.1 Å². The molecule has 2 atom stereocenters. The van der Waals surface area contributed by atoms with E-state index in [1.165, 1.54) is 0 Å². The van der Waals surface area contributed by atoms with Gasteiger partial charge in [0.05, 0.1) is 17.6 Å². The van der Waals surface area contributed by atoms with Crippen molar-refractivity contribution in [3.63, 3.8) is 0 Å². The molecule has 1 heterocycles. The summed E-state index contributed by atoms with van der Waals surface area (Å²) in [5.74, 6) is -4.90. The van der Waals surface area contributed by atoms with Crippen LogP contribution >= 0.6 is 0 Å². The number of carbonyl (C=O) groups is 3. The summed E-state index contributed by atoms with van der Waals surface area (Å²) in [6.45, 7) is 12.6. The largest absolute Gasteiger partial charge is 0.490 e. The number of benzene rings is 1. The Morgan fingerprint density at radius 3 is 1.89 bits per heavy atom. The van der Waals surface area contributed by atoms with Crippen LogP contribution in [0.25, 0.3) is 10.9 Å². The summed E-state index contributed by atoms with van der Waals surface area (Å²) in [6.07, 6.45) is -5.33. The minimum Gasteiger partial charge on any atom is -0.475 e. The number of aromatic nitrogens is 2. The third-order valence-electron chi connectivity index (χ3n) is 6.33. The smallest absolute Gasteiger partial charge is 0.475 e. The quantitative estimate of drug-likeness (QED) is 0.134. The fraction of sp³-hybridized carbons (Fsp3) is 0.586. The number of fused-ring (bicyclic) bond motifs is 1. The average molecular weight is 682 g/mol. The molecule has 264 valence electrons. The van der Waals surface area contributed by atoms with Crippen molar-refractivity contribution >= 4 is 40.5 Å². The van der Waals surface area contributed by atoms with Gasteiger partial charge in [0.2, 0.25) is 5.82 Å². The lowest BCUT2D eigenvalue weighted by Gasteiger charge is -2.33. The van der Waals surface area contributed by atoms with E-state index in [2.05, 4.69) is 46.4 Å². The van der Waals surface area contributed by atoms with Crippen LogP contribution in [0, 0.1) is 12.3 Å². The van der Waals surface area contributed by atoms with Crippen LogP contribution in [0.15, 0.2) is 23.2 Å². The number of hydrogen-bond donors (Lipinski definition) is 6. The van der Waals surface area contributed by atoms with Gasteiger partial charge < -0.3 is 32.3 Å². The van der Waals surface area contributed by atoms with Crippen LogP contribution in [0.4, 0.5) is 32.2 Å². The Kier molecular flexibility index (Phi) is 13.8. The molecule has 1 aromatic carbocycles. The molecule has 1 amide bonds. The van der Waals surface area contributed by atoms with E-state index in [4.69, 9.17) is 31.3 Å². The second-order valence-corrected chi connectivity index (χ2v) is 12.8. The standard InChI is InChI=1S/C25H39N7O.2C2HF3O2/c1-15-11-12-17-16(13-15)20(29-18-9-7-8-10-19(18)30-23(26)27)31-21(28-17)22(33)32-25(5,6)14-24(2,3)4;2*3-2(4,5)1(6)7/h11-13,18-19H,7-10,14H2,1-6H3,(H,32,33)(H4,26,27,30)(H,28,29,31);2*(H,6,7). The Balaban J connectivity index is 0.000000658. The fourth-order valence-corrected chi connectivity index (χ4v) is 4.99. The van der Waals surface area contributed by atoms with Crippen molar-refractivity contribution in [3.8, 4) is 0 Å². The number of nitrogens with zero attached hydrogens (tertiary/aromatic N) is 3. The van der Waals surface area contributed by atoms with Gasteiger partial charge in [-0.15, -0.1) is 0 Å². The first-order valence-electron chi connectivity index (χ1n) is 14.3. The van der Waals surface area contributed by atoms with Crippen LogP contribution in [0.1, 0.15) is 82.9 Å². The van der Waals surface area contributed by atoms with Crippen LogP contribution < -0.4 is 22.1 Å². The lowest BCUT2D eigenvalue weighted by atomic mass is 9.82. The van der Waals surface area contributed by atoms with E-state index in [0.717, 1.165) is 48.6 Å². The first-order valence-corrected chi connectivity index (χ1v) is 14.3. The van der Waals surface area contributed by atoms with E-state index in [0.29, 0.717) is 5.82 Å². The zero-order valence-electron chi connectivity index (χ0n) is 26.8. The van der Waals surface area contributed by atoms with Gasteiger partial charge in [-0.1, -0.05) is 45.2 Å². The van der Waals surface area contributed by atoms with Crippen LogP contribution in [-0.4, -0.2) is 74.0 Å². The molecule has 2 unspecified atom stereocenters. The number of alkyl halides is 6. The summed E-state index contributed by atoms with van der Waals surface area (Å²) in [4.78, 5) is 44.7. The van der Waals surface area contributed by atoms with Crippen LogP contribution in [0.2, 0.25) is 0 Å². The molecule has 0 aliphatic heterocycles. The van der Waals surface area contributed by atoms with Gasteiger partial charge in [-0.3, -0.25) is 4.79 Å². The van der Waals surface area contributed by atoms with Gasteiger partial charge in [0.15, 0.2) is 5.96 Å². The highest BCUT2D eigenvalue weighted by Crippen LogP contribution is 2.29. The second kappa shape index (κ2) is 15.9. The number of hydrogen-bond acceptors (Lipinski definition) is 7. The number of nitrogens with two attached hydrogens (primary N) is 2. The molecule has 2 aromatic rings. The first kappa shape index (κ1) is 40.6. The molecular formula is C29H41F6N7O5. The number of aryl methyl sites for hydroxylation is 1. The van der Waals surface area contributed by atoms with Crippen molar-refractivity contribution in [2.24, 2.45) is 21.9 Å². The molecule has 8 N–H and O–H groups in total. The van der Waals surface area contributed by atoms with E-state index in [1.54, 1.807) is 0 Å². The SMILES string of the molecule is Cc1ccc2nc(C(=O)NC(C)(C)CC(C)(C)C)nc(NC3CCCCC3N=C(N)N)c2c1.O=C(O)C(F)(F)F.O=C(O)C(F)(F)F. The van der Waals surface area contributed by atoms with Crippen molar-refractivity contribution in [1.82, 2.24) is 15.3 Å². The summed E-state index contributed by atoms with van der Waals surface area (Å²) in [7, 11) is 0. The molecule has 1 aliphatic carbocycles. The van der Waals surface area contributed by atoms with Crippen LogP contribution in [-0.2, 0) is 9.59 Å². The number of guanidine groups is 1. The molecule has 1 saturated carbocycles. The Morgan fingerprint density at radius 1 is 0.915 bits per heavy atom. The highest BCUT2D eigenvalue weighted by Gasteiger charge is 2.39.